The molecule has 1 aliphatic heterocycles. The van der Waals surface area contributed by atoms with E-state index < -0.39 is 5.92 Å². The van der Waals surface area contributed by atoms with Crippen LogP contribution in [0.2, 0.25) is 0 Å². The van der Waals surface area contributed by atoms with E-state index in [4.69, 9.17) is 9.47 Å². The summed E-state index contributed by atoms with van der Waals surface area (Å²) in [6.07, 6.45) is 1.51. The van der Waals surface area contributed by atoms with Crippen LogP contribution in [0, 0.1) is 5.92 Å². The van der Waals surface area contributed by atoms with Crippen molar-refractivity contribution < 1.29 is 19.1 Å². The van der Waals surface area contributed by atoms with Crippen LogP contribution in [0.3, 0.4) is 0 Å². The lowest BCUT2D eigenvalue weighted by atomic mass is 10.1. The molecule has 8 nitrogen and oxygen atoms in total. The highest BCUT2D eigenvalue weighted by Crippen LogP contribution is 2.27. The molecule has 0 aromatic heterocycles. The number of hydrogen-bond acceptors (Lipinski definition) is 6. The average Bonchev–Trinajstić information content (AvgIpc) is 3.02. The molecular weight excluding hydrogens is 372 g/mol. The van der Waals surface area contributed by atoms with Crippen LogP contribution < -0.4 is 19.9 Å². The van der Waals surface area contributed by atoms with E-state index in [1.165, 1.54) is 18.3 Å². The summed E-state index contributed by atoms with van der Waals surface area (Å²) >= 11 is 0. The van der Waals surface area contributed by atoms with Crippen molar-refractivity contribution in [1.82, 2.24) is 5.43 Å². The lowest BCUT2D eigenvalue weighted by molar-refractivity contribution is -0.120. The summed E-state index contributed by atoms with van der Waals surface area (Å²) in [6.45, 7) is 1.75. The fourth-order valence-electron chi connectivity index (χ4n) is 2.90. The Bertz CT molecular complexity index is 956. The largest absolute Gasteiger partial charge is 0.493 e. The standard InChI is InChI=1S/C21H22N4O4/c1-14-17(21(27)25(24-14)16-7-5-4-6-8-16)13-22-23-20(26)12-15-9-10-18(28-2)19(11-15)29-3/h4-11,13,17H,12H2,1-3H3,(H,23,26). The molecule has 1 N–H and O–H groups in total. The summed E-state index contributed by atoms with van der Waals surface area (Å²) in [5, 5.41) is 9.58. The minimum absolute atomic E-state index is 0.111. The lowest BCUT2D eigenvalue weighted by Crippen LogP contribution is -2.29. The Balaban J connectivity index is 1.59. The summed E-state index contributed by atoms with van der Waals surface area (Å²) in [7, 11) is 3.08. The van der Waals surface area contributed by atoms with E-state index in [1.54, 1.807) is 44.4 Å². The van der Waals surface area contributed by atoms with Crippen molar-refractivity contribution in [2.45, 2.75) is 13.3 Å². The number of nitrogens with zero attached hydrogens (tertiary/aromatic N) is 3. The summed E-state index contributed by atoms with van der Waals surface area (Å²) in [4.78, 5) is 24.8. The summed E-state index contributed by atoms with van der Waals surface area (Å²) in [6, 6.07) is 14.4. The van der Waals surface area contributed by atoms with E-state index in [-0.39, 0.29) is 18.2 Å². The minimum atomic E-state index is -0.614. The van der Waals surface area contributed by atoms with Crippen molar-refractivity contribution in [3.8, 4) is 11.5 Å². The number of carbonyl (C=O) groups excluding carboxylic acids is 2. The molecule has 2 amide bonds. The molecule has 3 rings (SSSR count). The maximum absolute atomic E-state index is 12.6. The molecule has 0 spiro atoms. The van der Waals surface area contributed by atoms with Gasteiger partial charge in [-0.1, -0.05) is 24.3 Å². The average molecular weight is 394 g/mol. The molecule has 1 unspecified atom stereocenters. The van der Waals surface area contributed by atoms with Gasteiger partial charge in [0, 0.05) is 6.21 Å². The van der Waals surface area contributed by atoms with Crippen molar-refractivity contribution in [2.24, 2.45) is 16.1 Å². The number of rotatable bonds is 7. The molecule has 0 saturated heterocycles. The van der Waals surface area contributed by atoms with Gasteiger partial charge in [-0.15, -0.1) is 0 Å². The van der Waals surface area contributed by atoms with Gasteiger partial charge in [-0.05, 0) is 36.8 Å². The van der Waals surface area contributed by atoms with Gasteiger partial charge >= 0.3 is 0 Å². The fraction of sp³-hybridized carbons (Fsp3) is 0.238. The van der Waals surface area contributed by atoms with E-state index in [1.807, 2.05) is 18.2 Å². The maximum Gasteiger partial charge on any atom is 0.261 e. The third-order valence-corrected chi connectivity index (χ3v) is 4.41. The monoisotopic (exact) mass is 394 g/mol. The number of nitrogens with one attached hydrogen (secondary N) is 1. The van der Waals surface area contributed by atoms with Crippen molar-refractivity contribution >= 4 is 29.4 Å². The molecule has 8 heteroatoms. The Morgan fingerprint density at radius 2 is 1.90 bits per heavy atom. The van der Waals surface area contributed by atoms with Crippen molar-refractivity contribution in [3.63, 3.8) is 0 Å². The molecule has 0 fully saturated rings. The number of hydrazone groups is 2. The Kier molecular flexibility index (Phi) is 6.23. The van der Waals surface area contributed by atoms with Crippen LogP contribution in [0.25, 0.3) is 0 Å². The lowest BCUT2D eigenvalue weighted by Gasteiger charge is -2.12. The predicted molar refractivity (Wildman–Crippen MR) is 110 cm³/mol. The van der Waals surface area contributed by atoms with Gasteiger partial charge < -0.3 is 9.47 Å². The van der Waals surface area contributed by atoms with Crippen LogP contribution in [-0.4, -0.2) is 38.0 Å². The highest BCUT2D eigenvalue weighted by atomic mass is 16.5. The van der Waals surface area contributed by atoms with Crippen LogP contribution in [-0.2, 0) is 16.0 Å². The minimum Gasteiger partial charge on any atom is -0.493 e. The number of amides is 2. The molecule has 0 aliphatic carbocycles. The molecule has 1 aliphatic rings. The molecule has 1 heterocycles. The zero-order chi connectivity index (χ0) is 20.8. The molecule has 29 heavy (non-hydrogen) atoms. The van der Waals surface area contributed by atoms with E-state index in [0.717, 1.165) is 5.56 Å². The van der Waals surface area contributed by atoms with Crippen LogP contribution in [0.4, 0.5) is 5.69 Å². The first-order chi connectivity index (χ1) is 14.0. The number of carbonyl (C=O) groups is 2. The number of para-hydroxylation sites is 1. The van der Waals surface area contributed by atoms with Crippen molar-refractivity contribution in [3.05, 3.63) is 54.1 Å². The van der Waals surface area contributed by atoms with Crippen LogP contribution in [0.1, 0.15) is 12.5 Å². The van der Waals surface area contributed by atoms with Gasteiger partial charge in [0.25, 0.3) is 5.91 Å². The second-order valence-corrected chi connectivity index (χ2v) is 6.38. The topological polar surface area (TPSA) is 92.6 Å². The van der Waals surface area contributed by atoms with E-state index in [0.29, 0.717) is 22.9 Å². The predicted octanol–water partition coefficient (Wildman–Crippen LogP) is 2.39. The van der Waals surface area contributed by atoms with Gasteiger partial charge in [-0.25, -0.2) is 5.43 Å². The molecule has 1 atom stereocenters. The van der Waals surface area contributed by atoms with E-state index >= 15 is 0 Å². The zero-order valence-corrected chi connectivity index (χ0v) is 16.5. The third kappa shape index (κ3) is 4.60. The Hall–Kier alpha value is -3.68. The number of ether oxygens (including phenoxy) is 2. The number of benzene rings is 2. The Morgan fingerprint density at radius 1 is 1.17 bits per heavy atom. The normalized spacial score (nSPS) is 16.1. The van der Waals surface area contributed by atoms with Gasteiger partial charge in [-0.3, -0.25) is 9.59 Å². The summed E-state index contributed by atoms with van der Waals surface area (Å²) < 4.78 is 10.4. The van der Waals surface area contributed by atoms with Crippen LogP contribution in [0.15, 0.2) is 58.7 Å². The third-order valence-electron chi connectivity index (χ3n) is 4.41. The molecule has 150 valence electrons. The highest BCUT2D eigenvalue weighted by molar-refractivity contribution is 6.23. The van der Waals surface area contributed by atoms with Crippen molar-refractivity contribution in [1.29, 1.82) is 0 Å². The molecule has 0 radical (unpaired) electrons. The summed E-state index contributed by atoms with van der Waals surface area (Å²) in [5.41, 5.74) is 4.50. The molecule has 0 bridgehead atoms. The molecule has 2 aromatic rings. The van der Waals surface area contributed by atoms with Gasteiger partial charge in [0.1, 0.15) is 5.92 Å². The zero-order valence-electron chi connectivity index (χ0n) is 16.5. The van der Waals surface area contributed by atoms with Gasteiger partial charge in [0.05, 0.1) is 32.0 Å². The summed E-state index contributed by atoms with van der Waals surface area (Å²) in [5.74, 6) is -0.00514. The second-order valence-electron chi connectivity index (χ2n) is 6.38. The highest BCUT2D eigenvalue weighted by Gasteiger charge is 2.33. The Labute approximate surface area is 168 Å². The molecule has 0 saturated carbocycles. The first-order valence-corrected chi connectivity index (χ1v) is 9.00. The smallest absolute Gasteiger partial charge is 0.261 e. The van der Waals surface area contributed by atoms with Gasteiger partial charge in [-0.2, -0.15) is 15.2 Å². The SMILES string of the molecule is COc1ccc(CC(=O)NN=CC2C(=O)N(c3ccccc3)N=C2C)cc1OC. The van der Waals surface area contributed by atoms with Gasteiger partial charge in [0.2, 0.25) is 5.91 Å². The van der Waals surface area contributed by atoms with Gasteiger partial charge in [0.15, 0.2) is 11.5 Å². The first kappa shape index (κ1) is 20.1. The molecular formula is C21H22N4O4. The number of hydrogen-bond donors (Lipinski definition) is 1. The van der Waals surface area contributed by atoms with Crippen LogP contribution in [0.5, 0.6) is 11.5 Å². The van der Waals surface area contributed by atoms with Crippen LogP contribution >= 0.6 is 0 Å². The van der Waals surface area contributed by atoms with Crippen molar-refractivity contribution in [2.75, 3.05) is 19.2 Å². The van der Waals surface area contributed by atoms with E-state index in [2.05, 4.69) is 15.6 Å². The number of anilines is 1. The second kappa shape index (κ2) is 9.01. The first-order valence-electron chi connectivity index (χ1n) is 9.00. The van der Waals surface area contributed by atoms with E-state index in [9.17, 15) is 9.59 Å². The number of methoxy groups -OCH3 is 2. The molecule has 2 aromatic carbocycles. The maximum atomic E-state index is 12.6. The quantitative estimate of drug-likeness (QED) is 0.576. The fourth-order valence-corrected chi connectivity index (χ4v) is 2.90. The Morgan fingerprint density at radius 3 is 2.59 bits per heavy atom.